The zero-order valence-electron chi connectivity index (χ0n) is 34.4. The number of nitrogens with one attached hydrogen (secondary N) is 1. The van der Waals surface area contributed by atoms with E-state index < -0.39 is 17.9 Å². The number of benzene rings is 3. The first-order valence-electron chi connectivity index (χ1n) is 21.8. The summed E-state index contributed by atoms with van der Waals surface area (Å²) in [5.74, 6) is 1.53. The number of para-hydroxylation sites is 1. The number of piperidine rings is 2. The van der Waals surface area contributed by atoms with E-state index >= 15 is 0 Å². The Hall–Kier alpha value is -6.55. The number of urea groups is 1. The minimum absolute atomic E-state index is 0.130. The fourth-order valence-electron chi connectivity index (χ4n) is 10.4. The maximum atomic E-state index is 13.4. The van der Waals surface area contributed by atoms with Crippen molar-refractivity contribution in [2.75, 3.05) is 57.3 Å². The maximum absolute atomic E-state index is 13.4. The van der Waals surface area contributed by atoms with Crippen LogP contribution in [0, 0.1) is 17.8 Å². The van der Waals surface area contributed by atoms with E-state index in [2.05, 4.69) is 31.7 Å². The van der Waals surface area contributed by atoms with Gasteiger partial charge in [0.2, 0.25) is 5.91 Å². The number of amidine groups is 1. The Morgan fingerprint density at radius 2 is 1.48 bits per heavy atom. The third-order valence-electron chi connectivity index (χ3n) is 14.1. The molecule has 8 aliphatic rings. The summed E-state index contributed by atoms with van der Waals surface area (Å²) < 4.78 is 6.01. The summed E-state index contributed by atoms with van der Waals surface area (Å²) in [5, 5.41) is 10.0. The number of fused-ring (bicyclic) bond motifs is 2. The Morgan fingerprint density at radius 3 is 2.23 bits per heavy atom. The van der Waals surface area contributed by atoms with Crippen LogP contribution in [0.2, 0.25) is 0 Å². The normalized spacial score (nSPS) is 25.8. The molecule has 0 spiro atoms. The van der Waals surface area contributed by atoms with Crippen molar-refractivity contribution in [2.24, 2.45) is 38.6 Å². The molecule has 0 bridgehead atoms. The summed E-state index contributed by atoms with van der Waals surface area (Å²) in [7, 11) is 0. The van der Waals surface area contributed by atoms with Gasteiger partial charge in [-0.2, -0.15) is 5.10 Å². The zero-order valence-corrected chi connectivity index (χ0v) is 34.4. The zero-order chi connectivity index (χ0) is 42.2. The van der Waals surface area contributed by atoms with Gasteiger partial charge in [0.25, 0.3) is 11.8 Å². The number of ether oxygens (including phenoxy) is 1. The number of aliphatic imine (C=N–C) groups is 2. The Labute approximate surface area is 359 Å². The topological polar surface area (TPSA) is 172 Å². The lowest BCUT2D eigenvalue weighted by Crippen LogP contribution is -2.68. The smallest absolute Gasteiger partial charge is 0.320 e. The molecular formula is C46H49N11O5. The lowest BCUT2D eigenvalue weighted by atomic mass is 9.80. The third kappa shape index (κ3) is 6.58. The van der Waals surface area contributed by atoms with Crippen molar-refractivity contribution in [3.8, 4) is 11.5 Å². The monoisotopic (exact) mass is 835 g/mol. The van der Waals surface area contributed by atoms with Crippen molar-refractivity contribution in [3.05, 3.63) is 102 Å². The van der Waals surface area contributed by atoms with Gasteiger partial charge >= 0.3 is 6.03 Å². The summed E-state index contributed by atoms with van der Waals surface area (Å²) in [6.07, 6.45) is 4.14. The van der Waals surface area contributed by atoms with Gasteiger partial charge in [0.15, 0.2) is 6.17 Å². The highest BCUT2D eigenvalue weighted by molar-refractivity contribution is 6.23. The van der Waals surface area contributed by atoms with Gasteiger partial charge in [0.05, 0.1) is 22.9 Å². The van der Waals surface area contributed by atoms with Crippen molar-refractivity contribution in [1.82, 2.24) is 29.9 Å². The number of hydrazone groups is 1. The van der Waals surface area contributed by atoms with Gasteiger partial charge in [-0.05, 0) is 85.8 Å². The SMILES string of the molecule is C=C1CCC(N2C(=O)c3ccc(N4CC(C5CN(C(=O)N6CC(N7CCC(N8N=C(c9ccc(Oc%10ccccc%10)cc9)C9C(N)=NC=NC98)CC7)C6)C5)C4)cc3C2=O)C(=O)N1. The van der Waals surface area contributed by atoms with Crippen LogP contribution in [-0.4, -0.2) is 143 Å². The third-order valence-corrected chi connectivity index (χ3v) is 14.1. The molecule has 8 heterocycles. The molecule has 3 aromatic carbocycles. The van der Waals surface area contributed by atoms with Gasteiger partial charge in [-0.1, -0.05) is 24.8 Å². The van der Waals surface area contributed by atoms with E-state index in [1.165, 1.54) is 0 Å². The molecule has 5 saturated heterocycles. The largest absolute Gasteiger partial charge is 0.457 e. The first kappa shape index (κ1) is 38.4. The molecule has 3 N–H and O–H groups in total. The Balaban J connectivity index is 0.636. The highest BCUT2D eigenvalue weighted by Crippen LogP contribution is 2.39. The summed E-state index contributed by atoms with van der Waals surface area (Å²) in [6.45, 7) is 10.3. The molecule has 62 heavy (non-hydrogen) atoms. The number of imide groups is 1. The molecule has 3 unspecified atom stereocenters. The lowest BCUT2D eigenvalue weighted by Gasteiger charge is -2.54. The van der Waals surface area contributed by atoms with E-state index in [1.54, 1.807) is 18.5 Å². The Kier molecular flexibility index (Phi) is 9.36. The average Bonchev–Trinajstić information content (AvgIpc) is 3.73. The van der Waals surface area contributed by atoms with Crippen LogP contribution in [0.4, 0.5) is 10.5 Å². The molecule has 318 valence electrons. The number of rotatable bonds is 8. The predicted octanol–water partition coefficient (Wildman–Crippen LogP) is 3.57. The molecular weight excluding hydrogens is 787 g/mol. The second-order valence-corrected chi connectivity index (χ2v) is 17.8. The van der Waals surface area contributed by atoms with Gasteiger partial charge < -0.3 is 30.5 Å². The van der Waals surface area contributed by atoms with Gasteiger partial charge in [-0.3, -0.25) is 29.2 Å². The highest BCUT2D eigenvalue weighted by Gasteiger charge is 2.49. The van der Waals surface area contributed by atoms with Gasteiger partial charge in [0, 0.05) is 81.6 Å². The number of anilines is 1. The first-order valence-corrected chi connectivity index (χ1v) is 21.8. The molecule has 11 rings (SSSR count). The van der Waals surface area contributed by atoms with Crippen LogP contribution in [0.5, 0.6) is 11.5 Å². The number of amides is 5. The van der Waals surface area contributed by atoms with Crippen molar-refractivity contribution >= 4 is 47.3 Å². The molecule has 16 heteroatoms. The molecule has 0 radical (unpaired) electrons. The summed E-state index contributed by atoms with van der Waals surface area (Å²) >= 11 is 0. The van der Waals surface area contributed by atoms with E-state index in [0.717, 1.165) is 98.6 Å². The molecule has 3 atom stereocenters. The maximum Gasteiger partial charge on any atom is 0.320 e. The number of nitrogens with two attached hydrogens (primary N) is 1. The number of hydrogen-bond donors (Lipinski definition) is 2. The van der Waals surface area contributed by atoms with Crippen LogP contribution in [0.1, 0.15) is 52.0 Å². The molecule has 0 aliphatic carbocycles. The van der Waals surface area contributed by atoms with Gasteiger partial charge in [-0.25, -0.2) is 14.8 Å². The quantitative estimate of drug-likeness (QED) is 0.322. The van der Waals surface area contributed by atoms with E-state index in [9.17, 15) is 19.2 Å². The van der Waals surface area contributed by atoms with Gasteiger partial charge in [-0.15, -0.1) is 0 Å². The van der Waals surface area contributed by atoms with Crippen LogP contribution in [-0.2, 0) is 4.79 Å². The average molecular weight is 836 g/mol. The van der Waals surface area contributed by atoms with Crippen LogP contribution < -0.4 is 20.7 Å². The fraction of sp³-hybridized carbons (Fsp3) is 0.413. The molecule has 0 aromatic heterocycles. The second kappa shape index (κ2) is 15.1. The predicted molar refractivity (Wildman–Crippen MR) is 232 cm³/mol. The summed E-state index contributed by atoms with van der Waals surface area (Å²) in [6, 6.07) is 22.9. The van der Waals surface area contributed by atoms with Crippen LogP contribution in [0.25, 0.3) is 0 Å². The van der Waals surface area contributed by atoms with E-state index in [4.69, 9.17) is 20.6 Å². The van der Waals surface area contributed by atoms with Crippen molar-refractivity contribution in [1.29, 1.82) is 0 Å². The lowest BCUT2D eigenvalue weighted by molar-refractivity contribution is -0.125. The molecule has 0 saturated carbocycles. The number of hydrogen-bond acceptors (Lipinski definition) is 12. The number of likely N-dealkylation sites (tertiary alicyclic amines) is 3. The first-order chi connectivity index (χ1) is 30.2. The number of carbonyl (C=O) groups is 4. The number of nitrogens with zero attached hydrogens (tertiary/aromatic N) is 9. The molecule has 3 aromatic rings. The van der Waals surface area contributed by atoms with E-state index in [-0.39, 0.29) is 30.1 Å². The van der Waals surface area contributed by atoms with Crippen molar-refractivity contribution < 1.29 is 23.9 Å². The summed E-state index contributed by atoms with van der Waals surface area (Å²) in [5.41, 5.74) is 10.5. The fourth-order valence-corrected chi connectivity index (χ4v) is 10.4. The summed E-state index contributed by atoms with van der Waals surface area (Å²) in [4.78, 5) is 71.5. The molecule has 16 nitrogen and oxygen atoms in total. The molecule has 8 aliphatic heterocycles. The van der Waals surface area contributed by atoms with Crippen LogP contribution >= 0.6 is 0 Å². The Bertz CT molecular complexity index is 2430. The standard InChI is InChI=1S/C46H49N11O5/c1-27-7-14-38(43(58)50-27)56-44(59)36-13-10-32(19-37(36)45(56)60)53-20-29(21-53)30-22-54(23-30)46(61)55-24-33(25-55)52-17-15-31(16-18-52)57-42-39(41(47)48-26-49-42)40(51-57)28-8-11-35(12-9-28)62-34-5-3-2-4-6-34/h2-6,8-13,19,26,29-31,33,38-39,42H,1,7,14-18,20-25H2,(H,50,58)(H2,47,48,49). The Morgan fingerprint density at radius 1 is 0.790 bits per heavy atom. The second-order valence-electron chi connectivity index (χ2n) is 17.8. The van der Waals surface area contributed by atoms with Crippen LogP contribution in [0.15, 0.2) is 100 Å². The van der Waals surface area contributed by atoms with E-state index in [1.807, 2.05) is 70.5 Å². The minimum atomic E-state index is -0.824. The molecule has 5 amide bonds. The number of carbonyl (C=O) groups excluding carboxylic acids is 4. The highest BCUT2D eigenvalue weighted by atomic mass is 16.5. The minimum Gasteiger partial charge on any atom is -0.457 e. The molecule has 5 fully saturated rings. The van der Waals surface area contributed by atoms with Crippen molar-refractivity contribution in [2.45, 2.75) is 50.0 Å². The van der Waals surface area contributed by atoms with Crippen molar-refractivity contribution in [3.63, 3.8) is 0 Å². The number of allylic oxidation sites excluding steroid dienone is 1. The van der Waals surface area contributed by atoms with Gasteiger partial charge in [0.1, 0.15) is 35.6 Å². The van der Waals surface area contributed by atoms with E-state index in [0.29, 0.717) is 53.4 Å². The van der Waals surface area contributed by atoms with Crippen LogP contribution in [0.3, 0.4) is 0 Å².